The fourth-order valence-corrected chi connectivity index (χ4v) is 5.96. The fourth-order valence-electron chi connectivity index (χ4n) is 5.96. The van der Waals surface area contributed by atoms with Gasteiger partial charge in [0.2, 0.25) is 11.8 Å². The lowest BCUT2D eigenvalue weighted by molar-refractivity contribution is -0.145. The van der Waals surface area contributed by atoms with Crippen molar-refractivity contribution in [3.05, 3.63) is 132 Å². The number of amides is 4. The predicted molar refractivity (Wildman–Crippen MR) is 208 cm³/mol. The molecule has 0 aliphatic carbocycles. The van der Waals surface area contributed by atoms with Gasteiger partial charge in [-0.05, 0) is 47.9 Å². The zero-order valence-corrected chi connectivity index (χ0v) is 32.1. The van der Waals surface area contributed by atoms with Crippen LogP contribution in [0.3, 0.4) is 0 Å². The molecule has 4 aromatic rings. The van der Waals surface area contributed by atoms with E-state index in [-0.39, 0.29) is 26.1 Å². The van der Waals surface area contributed by atoms with Gasteiger partial charge in [-0.1, -0.05) is 100 Å². The van der Waals surface area contributed by atoms with Gasteiger partial charge in [-0.3, -0.25) is 19.6 Å². The van der Waals surface area contributed by atoms with Crippen molar-refractivity contribution < 1.29 is 38.9 Å². The highest BCUT2D eigenvalue weighted by Gasteiger charge is 2.47. The van der Waals surface area contributed by atoms with Gasteiger partial charge in [0.1, 0.15) is 25.4 Å². The van der Waals surface area contributed by atoms with Crippen LogP contribution >= 0.6 is 0 Å². The molecule has 14 nitrogen and oxygen atoms in total. The highest BCUT2D eigenvalue weighted by molar-refractivity contribution is 5.96. The van der Waals surface area contributed by atoms with Crippen LogP contribution in [-0.2, 0) is 45.1 Å². The van der Waals surface area contributed by atoms with Crippen LogP contribution in [0.5, 0.6) is 0 Å². The van der Waals surface area contributed by atoms with Crippen molar-refractivity contribution in [2.45, 2.75) is 90.1 Å². The van der Waals surface area contributed by atoms with Crippen molar-refractivity contribution >= 4 is 24.0 Å². The van der Waals surface area contributed by atoms with E-state index < -0.39 is 72.2 Å². The van der Waals surface area contributed by atoms with E-state index in [4.69, 9.17) is 20.9 Å². The molecule has 14 heteroatoms. The summed E-state index contributed by atoms with van der Waals surface area (Å²) in [7, 11) is 0. The number of nitrogens with two attached hydrogens (primary N) is 2. The molecule has 0 bridgehead atoms. The zero-order chi connectivity index (χ0) is 40.8. The summed E-state index contributed by atoms with van der Waals surface area (Å²) in [4.78, 5) is 66.2. The minimum absolute atomic E-state index is 0.166. The number of aromatic nitrogens is 2. The average Bonchev–Trinajstić information content (AvgIpc) is 3.21. The summed E-state index contributed by atoms with van der Waals surface area (Å²) in [5.74, 6) is -2.62. The number of benzene rings is 2. The lowest BCUT2D eigenvalue weighted by atomic mass is 9.88. The van der Waals surface area contributed by atoms with Crippen molar-refractivity contribution in [3.8, 4) is 0 Å². The molecule has 4 rings (SSSR count). The highest BCUT2D eigenvalue weighted by atomic mass is 16.6. The lowest BCUT2D eigenvalue weighted by Crippen LogP contribution is -2.64. The number of hydrogen-bond acceptors (Lipinski definition) is 12. The molecule has 0 spiro atoms. The van der Waals surface area contributed by atoms with E-state index in [1.165, 1.54) is 12.4 Å². The molecule has 0 fully saturated rings. The van der Waals surface area contributed by atoms with Gasteiger partial charge in [0.15, 0.2) is 0 Å². The number of aliphatic hydroxyl groups is 2. The summed E-state index contributed by atoms with van der Waals surface area (Å²) in [6.45, 7) is 6.28. The van der Waals surface area contributed by atoms with Gasteiger partial charge in [0, 0.05) is 35.9 Å². The smallest absolute Gasteiger partial charge is 0.417 e. The van der Waals surface area contributed by atoms with Crippen molar-refractivity contribution in [1.82, 2.24) is 19.8 Å². The second-order valence-electron chi connectivity index (χ2n) is 14.3. The molecule has 56 heavy (non-hydrogen) atoms. The first-order chi connectivity index (χ1) is 26.8. The quantitative estimate of drug-likeness (QED) is 0.120. The second-order valence-corrected chi connectivity index (χ2v) is 14.3. The maximum atomic E-state index is 14.2. The third-order valence-corrected chi connectivity index (χ3v) is 9.42. The molecular formula is C42H52N6O8. The normalized spacial score (nSPS) is 14.5. The summed E-state index contributed by atoms with van der Waals surface area (Å²) in [6, 6.07) is 18.6. The van der Waals surface area contributed by atoms with Crippen LogP contribution in [0.15, 0.2) is 110 Å². The largest absolute Gasteiger partial charge is 0.444 e. The van der Waals surface area contributed by atoms with Gasteiger partial charge in [-0.15, -0.1) is 0 Å². The van der Waals surface area contributed by atoms with Gasteiger partial charge in [0.25, 0.3) is 0 Å². The lowest BCUT2D eigenvalue weighted by Gasteiger charge is -2.41. The van der Waals surface area contributed by atoms with Gasteiger partial charge in [-0.25, -0.2) is 19.4 Å². The minimum Gasteiger partial charge on any atom is -0.444 e. The minimum atomic E-state index is -1.99. The molecule has 0 aliphatic heterocycles. The van der Waals surface area contributed by atoms with Crippen molar-refractivity contribution in [3.63, 3.8) is 0 Å². The van der Waals surface area contributed by atoms with Crippen molar-refractivity contribution in [1.29, 1.82) is 0 Å². The standard InChI is InChI=1S/C42H52N6O8/c1-27(2)35(43)39(51)47(41(53)55-25-31-17-11-19-45-23-31)33(21-29-13-7-5-8-14-29)37(49)38(50)34(22-30-15-9-6-10-16-30)48(40(52)36(44)28(3)4)42(54)56-26-32-18-12-20-46-24-32/h5-20,23-24,27-28,33-38,49-50H,21-22,25-26,43-44H2,1-4H3/t33-,34-,35-,36-,37-,38-/m0/s1. The Morgan fingerprint density at radius 2 is 0.911 bits per heavy atom. The summed E-state index contributed by atoms with van der Waals surface area (Å²) >= 11 is 0. The van der Waals surface area contributed by atoms with Crippen LogP contribution in [0.1, 0.15) is 49.9 Å². The van der Waals surface area contributed by atoms with Crippen molar-refractivity contribution in [2.75, 3.05) is 0 Å². The second kappa shape index (κ2) is 20.9. The molecule has 298 valence electrons. The van der Waals surface area contributed by atoms with Crippen LogP contribution in [0, 0.1) is 11.8 Å². The molecule has 2 heterocycles. The molecule has 0 saturated heterocycles. The Morgan fingerprint density at radius 3 is 1.21 bits per heavy atom. The van der Waals surface area contributed by atoms with E-state index in [1.807, 2.05) is 0 Å². The fraction of sp³-hybridized carbons (Fsp3) is 0.381. The van der Waals surface area contributed by atoms with E-state index >= 15 is 0 Å². The number of rotatable bonds is 17. The summed E-state index contributed by atoms with van der Waals surface area (Å²) < 4.78 is 11.2. The van der Waals surface area contributed by atoms with Gasteiger partial charge >= 0.3 is 12.2 Å². The molecule has 0 saturated carbocycles. The number of nitrogens with zero attached hydrogens (tertiary/aromatic N) is 4. The van der Waals surface area contributed by atoms with Crippen molar-refractivity contribution in [2.24, 2.45) is 23.3 Å². The number of aliphatic hydroxyl groups excluding tert-OH is 2. The Kier molecular flexibility index (Phi) is 16.2. The molecule has 6 atom stereocenters. The number of pyridine rings is 2. The Balaban J connectivity index is 1.84. The molecule has 4 amide bonds. The Bertz CT molecular complexity index is 1700. The molecule has 6 N–H and O–H groups in total. The summed E-state index contributed by atoms with van der Waals surface area (Å²) in [5, 5.41) is 24.8. The summed E-state index contributed by atoms with van der Waals surface area (Å²) in [5.41, 5.74) is 15.0. The maximum Gasteiger partial charge on any atom is 0.417 e. The predicted octanol–water partition coefficient (Wildman–Crippen LogP) is 4.02. The first-order valence-electron chi connectivity index (χ1n) is 18.5. The molecule has 2 aromatic carbocycles. The Morgan fingerprint density at radius 1 is 0.571 bits per heavy atom. The van der Waals surface area contributed by atoms with Crippen LogP contribution in [0.2, 0.25) is 0 Å². The molecule has 0 aliphatic rings. The van der Waals surface area contributed by atoms with Crippen LogP contribution in [0.4, 0.5) is 9.59 Å². The maximum absolute atomic E-state index is 14.2. The molecule has 0 unspecified atom stereocenters. The third kappa shape index (κ3) is 11.7. The van der Waals surface area contributed by atoms with Crippen LogP contribution in [-0.4, -0.2) is 90.4 Å². The van der Waals surface area contributed by atoms with E-state index in [0.29, 0.717) is 22.3 Å². The molecule has 2 aromatic heterocycles. The topological polar surface area (TPSA) is 212 Å². The number of imide groups is 2. The first-order valence-corrected chi connectivity index (χ1v) is 18.5. The van der Waals surface area contributed by atoms with Crippen LogP contribution < -0.4 is 11.5 Å². The Labute approximate surface area is 327 Å². The number of carbonyl (C=O) groups excluding carboxylic acids is 4. The van der Waals surface area contributed by atoms with E-state index in [1.54, 1.807) is 125 Å². The van der Waals surface area contributed by atoms with Crippen LogP contribution in [0.25, 0.3) is 0 Å². The van der Waals surface area contributed by atoms with E-state index in [0.717, 1.165) is 9.80 Å². The molecular weight excluding hydrogens is 716 g/mol. The first kappa shape index (κ1) is 43.2. The van der Waals surface area contributed by atoms with E-state index in [2.05, 4.69) is 9.97 Å². The molecule has 0 radical (unpaired) electrons. The summed E-state index contributed by atoms with van der Waals surface area (Å²) in [6.07, 6.45) is -0.480. The van der Waals surface area contributed by atoms with Gasteiger partial charge in [0.05, 0.1) is 24.2 Å². The average molecular weight is 769 g/mol. The number of ether oxygens (including phenoxy) is 2. The number of hydrogen-bond donors (Lipinski definition) is 4. The number of carbonyl (C=O) groups is 4. The monoisotopic (exact) mass is 768 g/mol. The van der Waals surface area contributed by atoms with Gasteiger partial charge in [-0.2, -0.15) is 0 Å². The highest BCUT2D eigenvalue weighted by Crippen LogP contribution is 2.26. The zero-order valence-electron chi connectivity index (χ0n) is 32.1. The van der Waals surface area contributed by atoms with Gasteiger partial charge < -0.3 is 31.2 Å². The Hall–Kier alpha value is -5.54. The SMILES string of the molecule is CC(C)[C@H](N)C(=O)N(C(=O)OCc1cccnc1)[C@@H](Cc1ccccc1)[C@H](O)[C@@H](O)[C@H](Cc1ccccc1)N(C(=O)OCc1cccnc1)C(=O)[C@@H](N)C(C)C. The van der Waals surface area contributed by atoms with E-state index in [9.17, 15) is 29.4 Å². The third-order valence-electron chi connectivity index (χ3n) is 9.42.